The Balaban J connectivity index is 1.99. The van der Waals surface area contributed by atoms with Crippen molar-refractivity contribution in [3.05, 3.63) is 35.1 Å². The molecule has 5 heteroatoms. The van der Waals surface area contributed by atoms with Crippen LogP contribution in [0.25, 0.3) is 0 Å². The summed E-state index contributed by atoms with van der Waals surface area (Å²) in [5.74, 6) is 0.605. The lowest BCUT2D eigenvalue weighted by Crippen LogP contribution is -2.44. The van der Waals surface area contributed by atoms with Gasteiger partial charge in [-0.1, -0.05) is 31.4 Å². The van der Waals surface area contributed by atoms with Crippen LogP contribution >= 0.6 is 0 Å². The smallest absolute Gasteiger partial charge is 0.191 e. The molecule has 0 amide bonds. The maximum Gasteiger partial charge on any atom is 0.191 e. The number of hydrogen-bond acceptors (Lipinski definition) is 2. The second kappa shape index (κ2) is 9.76. The van der Waals surface area contributed by atoms with E-state index in [1.54, 1.807) is 13.0 Å². The molecule has 4 nitrogen and oxygen atoms in total. The Kier molecular flexibility index (Phi) is 7.69. The molecule has 1 aliphatic carbocycles. The molecule has 0 bridgehead atoms. The average Bonchev–Trinajstić information content (AvgIpc) is 2.61. The third kappa shape index (κ3) is 5.99. The molecule has 0 radical (unpaired) electrons. The van der Waals surface area contributed by atoms with Crippen LogP contribution in [0.1, 0.15) is 56.6 Å². The molecule has 0 unspecified atom stereocenters. The first-order valence-electron chi connectivity index (χ1n) is 9.47. The van der Waals surface area contributed by atoms with Crippen LogP contribution in [0.2, 0.25) is 0 Å². The Labute approximate surface area is 150 Å². The summed E-state index contributed by atoms with van der Waals surface area (Å²) in [4.78, 5) is 4.64. The molecule has 0 aliphatic heterocycles. The molecule has 1 fully saturated rings. The molecular weight excluding hydrogens is 317 g/mol. The summed E-state index contributed by atoms with van der Waals surface area (Å²) in [6, 6.07) is 5.12. The van der Waals surface area contributed by atoms with E-state index in [0.29, 0.717) is 12.1 Å². The number of nitrogens with one attached hydrogen (secondary N) is 2. The Morgan fingerprint density at radius 3 is 2.64 bits per heavy atom. The van der Waals surface area contributed by atoms with Crippen LogP contribution in [0.5, 0.6) is 0 Å². The van der Waals surface area contributed by atoms with Crippen molar-refractivity contribution in [2.75, 3.05) is 19.7 Å². The molecule has 1 saturated carbocycles. The van der Waals surface area contributed by atoms with Crippen molar-refractivity contribution < 1.29 is 9.50 Å². The molecule has 0 saturated heterocycles. The molecular formula is C20H32FN3O. The van der Waals surface area contributed by atoms with Gasteiger partial charge in [0.2, 0.25) is 0 Å². The van der Waals surface area contributed by atoms with Crippen molar-refractivity contribution in [1.29, 1.82) is 0 Å². The van der Waals surface area contributed by atoms with E-state index in [1.807, 2.05) is 13.0 Å². The van der Waals surface area contributed by atoms with Crippen molar-refractivity contribution in [1.82, 2.24) is 10.6 Å². The van der Waals surface area contributed by atoms with Gasteiger partial charge in [-0.25, -0.2) is 9.38 Å². The number of benzene rings is 1. The lowest BCUT2D eigenvalue weighted by atomic mass is 9.72. The van der Waals surface area contributed by atoms with Crippen LogP contribution in [-0.4, -0.2) is 30.8 Å². The minimum absolute atomic E-state index is 0.176. The van der Waals surface area contributed by atoms with Crippen molar-refractivity contribution in [3.8, 4) is 0 Å². The Morgan fingerprint density at radius 2 is 2.00 bits per heavy atom. The predicted octanol–water partition coefficient (Wildman–Crippen LogP) is 3.52. The molecule has 3 N–H and O–H groups in total. The number of aliphatic hydroxyl groups is 1. The Bertz CT molecular complexity index is 563. The summed E-state index contributed by atoms with van der Waals surface area (Å²) in [6.07, 6.45) is 6.95. The lowest BCUT2D eigenvalue weighted by Gasteiger charge is -2.37. The maximum absolute atomic E-state index is 13.4. The van der Waals surface area contributed by atoms with E-state index in [2.05, 4.69) is 15.6 Å². The molecule has 140 valence electrons. The fraction of sp³-hybridized carbons (Fsp3) is 0.650. The Hall–Kier alpha value is -1.62. The Morgan fingerprint density at radius 1 is 1.24 bits per heavy atom. The first kappa shape index (κ1) is 19.7. The maximum atomic E-state index is 13.4. The highest BCUT2D eigenvalue weighted by Crippen LogP contribution is 2.38. The van der Waals surface area contributed by atoms with Gasteiger partial charge in [-0.05, 0) is 55.7 Å². The van der Waals surface area contributed by atoms with E-state index in [-0.39, 0.29) is 17.8 Å². The second-order valence-corrected chi connectivity index (χ2v) is 7.17. The molecule has 1 aromatic rings. The SMILES string of the molecule is CCNC(=NCc1ccc(F)c(C)c1)NCC1(CCO)CCCCC1. The van der Waals surface area contributed by atoms with Gasteiger partial charge in [0.1, 0.15) is 5.82 Å². The summed E-state index contributed by atoms with van der Waals surface area (Å²) < 4.78 is 13.4. The predicted molar refractivity (Wildman–Crippen MR) is 101 cm³/mol. The van der Waals surface area contributed by atoms with Gasteiger partial charge in [-0.3, -0.25) is 0 Å². The highest BCUT2D eigenvalue weighted by Gasteiger charge is 2.31. The van der Waals surface area contributed by atoms with Crippen molar-refractivity contribution >= 4 is 5.96 Å². The first-order chi connectivity index (χ1) is 12.1. The number of halogens is 1. The number of rotatable bonds is 7. The molecule has 0 heterocycles. The molecule has 1 aromatic carbocycles. The van der Waals surface area contributed by atoms with E-state index < -0.39 is 0 Å². The van der Waals surface area contributed by atoms with Crippen LogP contribution in [0.3, 0.4) is 0 Å². The monoisotopic (exact) mass is 349 g/mol. The van der Waals surface area contributed by atoms with Crippen molar-refractivity contribution in [2.24, 2.45) is 10.4 Å². The number of aryl methyl sites for hydroxylation is 1. The van der Waals surface area contributed by atoms with Crippen LogP contribution < -0.4 is 10.6 Å². The van der Waals surface area contributed by atoms with Gasteiger partial charge in [0.25, 0.3) is 0 Å². The molecule has 0 spiro atoms. The third-order valence-electron chi connectivity index (χ3n) is 5.17. The fourth-order valence-electron chi connectivity index (χ4n) is 3.64. The van der Waals surface area contributed by atoms with E-state index in [9.17, 15) is 9.50 Å². The quantitative estimate of drug-likeness (QED) is 0.521. The van der Waals surface area contributed by atoms with Crippen molar-refractivity contribution in [3.63, 3.8) is 0 Å². The fourth-order valence-corrected chi connectivity index (χ4v) is 3.64. The van der Waals surface area contributed by atoms with E-state index in [4.69, 9.17) is 0 Å². The van der Waals surface area contributed by atoms with Gasteiger partial charge < -0.3 is 15.7 Å². The molecule has 0 aromatic heterocycles. The first-order valence-corrected chi connectivity index (χ1v) is 9.47. The number of hydrogen-bond donors (Lipinski definition) is 3. The van der Waals surface area contributed by atoms with E-state index in [1.165, 1.54) is 25.3 Å². The summed E-state index contributed by atoms with van der Waals surface area (Å²) in [7, 11) is 0. The zero-order valence-electron chi connectivity index (χ0n) is 15.6. The standard InChI is InChI=1S/C20H32FN3O/c1-3-22-19(23-14-17-7-8-18(21)16(2)13-17)24-15-20(11-12-25)9-5-4-6-10-20/h7-8,13,25H,3-6,9-12,14-15H2,1-2H3,(H2,22,23,24). The number of aliphatic hydroxyl groups excluding tert-OH is 1. The van der Waals surface area contributed by atoms with Crippen LogP contribution in [-0.2, 0) is 6.54 Å². The van der Waals surface area contributed by atoms with Gasteiger partial charge in [-0.15, -0.1) is 0 Å². The highest BCUT2D eigenvalue weighted by atomic mass is 19.1. The summed E-state index contributed by atoms with van der Waals surface area (Å²) >= 11 is 0. The third-order valence-corrected chi connectivity index (χ3v) is 5.17. The van der Waals surface area contributed by atoms with Crippen LogP contribution in [0.4, 0.5) is 4.39 Å². The molecule has 2 rings (SSSR count). The van der Waals surface area contributed by atoms with E-state index in [0.717, 1.165) is 43.9 Å². The number of aliphatic imine (C=N–C) groups is 1. The van der Waals surface area contributed by atoms with Crippen LogP contribution in [0, 0.1) is 18.2 Å². The highest BCUT2D eigenvalue weighted by molar-refractivity contribution is 5.79. The minimum atomic E-state index is -0.180. The average molecular weight is 349 g/mol. The van der Waals surface area contributed by atoms with Crippen LogP contribution in [0.15, 0.2) is 23.2 Å². The molecule has 25 heavy (non-hydrogen) atoms. The summed E-state index contributed by atoms with van der Waals surface area (Å²) in [6.45, 7) is 6.20. The zero-order chi connectivity index (χ0) is 18.1. The van der Waals surface area contributed by atoms with Gasteiger partial charge in [0.15, 0.2) is 5.96 Å². The lowest BCUT2D eigenvalue weighted by molar-refractivity contribution is 0.131. The number of nitrogens with zero attached hydrogens (tertiary/aromatic N) is 1. The molecule has 1 aliphatic rings. The normalized spacial score (nSPS) is 17.4. The van der Waals surface area contributed by atoms with Crippen molar-refractivity contribution in [2.45, 2.75) is 58.9 Å². The topological polar surface area (TPSA) is 56.7 Å². The largest absolute Gasteiger partial charge is 0.396 e. The number of guanidine groups is 1. The zero-order valence-corrected chi connectivity index (χ0v) is 15.6. The summed E-state index contributed by atoms with van der Waals surface area (Å²) in [5, 5.41) is 16.2. The van der Waals surface area contributed by atoms with Gasteiger partial charge in [0, 0.05) is 19.7 Å². The van der Waals surface area contributed by atoms with Gasteiger partial charge in [-0.2, -0.15) is 0 Å². The molecule has 0 atom stereocenters. The van der Waals surface area contributed by atoms with E-state index >= 15 is 0 Å². The van der Waals surface area contributed by atoms with Gasteiger partial charge >= 0.3 is 0 Å². The summed E-state index contributed by atoms with van der Waals surface area (Å²) in [5.41, 5.74) is 1.82. The second-order valence-electron chi connectivity index (χ2n) is 7.17. The minimum Gasteiger partial charge on any atom is -0.396 e. The van der Waals surface area contributed by atoms with Gasteiger partial charge in [0.05, 0.1) is 6.54 Å².